The van der Waals surface area contributed by atoms with Gasteiger partial charge in [0.25, 0.3) is 5.91 Å². The fourth-order valence-electron chi connectivity index (χ4n) is 2.70. The summed E-state index contributed by atoms with van der Waals surface area (Å²) in [5.74, 6) is -0.728. The summed E-state index contributed by atoms with van der Waals surface area (Å²) < 4.78 is 0. The van der Waals surface area contributed by atoms with Gasteiger partial charge in [0, 0.05) is 29.2 Å². The quantitative estimate of drug-likeness (QED) is 0.609. The highest BCUT2D eigenvalue weighted by Gasteiger charge is 2.08. The molecule has 0 atom stereocenters. The lowest BCUT2D eigenvalue weighted by atomic mass is 10.1. The summed E-state index contributed by atoms with van der Waals surface area (Å²) in [6, 6.07) is 15.3. The summed E-state index contributed by atoms with van der Waals surface area (Å²) in [5, 5.41) is 14.9. The molecule has 3 aromatic rings. The van der Waals surface area contributed by atoms with E-state index in [0.29, 0.717) is 23.7 Å². The number of aromatic nitrogens is 2. The number of hydrogen-bond acceptors (Lipinski definition) is 5. The zero-order chi connectivity index (χ0) is 20.1. The number of benzene rings is 2. The number of rotatable bonds is 6. The minimum Gasteiger partial charge on any atom is -0.478 e. The molecule has 0 aliphatic carbocycles. The molecule has 1 aromatic heterocycles. The maximum Gasteiger partial charge on any atom is 0.335 e. The van der Waals surface area contributed by atoms with Gasteiger partial charge in [-0.2, -0.15) is 0 Å². The number of carboxylic acids is 1. The van der Waals surface area contributed by atoms with Crippen LogP contribution in [0.3, 0.4) is 0 Å². The standard InChI is InChI=1S/C21H20N4O3/c1-13-10-14(2)24-21(23-13)25-18-5-3-4-17(11-18)19(26)22-12-15-6-8-16(9-7-15)20(27)28/h3-11H,12H2,1-2H3,(H,22,26)(H,27,28)(H,23,24,25). The van der Waals surface area contributed by atoms with Crippen LogP contribution in [0.2, 0.25) is 0 Å². The molecule has 142 valence electrons. The molecule has 0 bridgehead atoms. The van der Waals surface area contributed by atoms with Crippen LogP contribution in [0.5, 0.6) is 0 Å². The highest BCUT2D eigenvalue weighted by Crippen LogP contribution is 2.16. The molecule has 0 radical (unpaired) electrons. The number of amides is 1. The number of hydrogen-bond donors (Lipinski definition) is 3. The molecule has 0 aliphatic rings. The Kier molecular flexibility index (Phi) is 5.64. The number of carbonyl (C=O) groups excluding carboxylic acids is 1. The number of nitrogens with zero attached hydrogens (tertiary/aromatic N) is 2. The number of carbonyl (C=O) groups is 2. The second-order valence-corrected chi connectivity index (χ2v) is 6.36. The average molecular weight is 376 g/mol. The topological polar surface area (TPSA) is 104 Å². The molecule has 28 heavy (non-hydrogen) atoms. The predicted molar refractivity (Wildman–Crippen MR) is 106 cm³/mol. The molecule has 0 aliphatic heterocycles. The molecule has 0 saturated heterocycles. The van der Waals surface area contributed by atoms with Crippen molar-refractivity contribution in [3.05, 3.63) is 82.7 Å². The van der Waals surface area contributed by atoms with Crippen LogP contribution < -0.4 is 10.6 Å². The zero-order valence-electron chi connectivity index (χ0n) is 15.6. The lowest BCUT2D eigenvalue weighted by Gasteiger charge is -2.09. The van der Waals surface area contributed by atoms with Gasteiger partial charge in [-0.05, 0) is 55.8 Å². The van der Waals surface area contributed by atoms with Crippen molar-refractivity contribution in [1.82, 2.24) is 15.3 Å². The third kappa shape index (κ3) is 4.91. The molecule has 2 aromatic carbocycles. The maximum atomic E-state index is 12.4. The van der Waals surface area contributed by atoms with Gasteiger partial charge in [-0.25, -0.2) is 14.8 Å². The summed E-state index contributed by atoms with van der Waals surface area (Å²) in [7, 11) is 0. The van der Waals surface area contributed by atoms with Crippen molar-refractivity contribution in [3.8, 4) is 0 Å². The molecular weight excluding hydrogens is 356 g/mol. The second kappa shape index (κ2) is 8.30. The lowest BCUT2D eigenvalue weighted by molar-refractivity contribution is 0.0696. The maximum absolute atomic E-state index is 12.4. The third-order valence-electron chi connectivity index (χ3n) is 4.02. The van der Waals surface area contributed by atoms with Crippen molar-refractivity contribution >= 4 is 23.5 Å². The van der Waals surface area contributed by atoms with Gasteiger partial charge in [-0.3, -0.25) is 4.79 Å². The highest BCUT2D eigenvalue weighted by molar-refractivity contribution is 5.95. The summed E-state index contributed by atoms with van der Waals surface area (Å²) in [6.45, 7) is 4.09. The van der Waals surface area contributed by atoms with E-state index < -0.39 is 5.97 Å². The van der Waals surface area contributed by atoms with Gasteiger partial charge in [0.1, 0.15) is 0 Å². The Morgan fingerprint density at radius 3 is 2.25 bits per heavy atom. The molecule has 7 nitrogen and oxygen atoms in total. The van der Waals surface area contributed by atoms with E-state index in [1.54, 1.807) is 30.3 Å². The van der Waals surface area contributed by atoms with Crippen molar-refractivity contribution in [2.45, 2.75) is 20.4 Å². The summed E-state index contributed by atoms with van der Waals surface area (Å²) >= 11 is 0. The minimum atomic E-state index is -0.979. The number of nitrogens with one attached hydrogen (secondary N) is 2. The second-order valence-electron chi connectivity index (χ2n) is 6.36. The molecule has 3 rings (SSSR count). The Bertz CT molecular complexity index is 996. The van der Waals surface area contributed by atoms with E-state index >= 15 is 0 Å². The van der Waals surface area contributed by atoms with Crippen LogP contribution >= 0.6 is 0 Å². The van der Waals surface area contributed by atoms with Crippen molar-refractivity contribution in [2.24, 2.45) is 0 Å². The molecule has 3 N–H and O–H groups in total. The van der Waals surface area contributed by atoms with Crippen molar-refractivity contribution in [3.63, 3.8) is 0 Å². The molecule has 0 spiro atoms. The van der Waals surface area contributed by atoms with E-state index in [4.69, 9.17) is 5.11 Å². The number of aryl methyl sites for hydroxylation is 2. The van der Waals surface area contributed by atoms with Gasteiger partial charge in [0.2, 0.25) is 5.95 Å². The van der Waals surface area contributed by atoms with E-state index in [1.165, 1.54) is 12.1 Å². The molecule has 0 fully saturated rings. The van der Waals surface area contributed by atoms with Crippen LogP contribution in [0.4, 0.5) is 11.6 Å². The molecule has 1 heterocycles. The largest absolute Gasteiger partial charge is 0.478 e. The first-order valence-electron chi connectivity index (χ1n) is 8.70. The van der Waals surface area contributed by atoms with Crippen LogP contribution in [-0.2, 0) is 6.54 Å². The first kappa shape index (κ1) is 19.0. The Morgan fingerprint density at radius 2 is 1.61 bits per heavy atom. The summed E-state index contributed by atoms with van der Waals surface area (Å²) in [5.41, 5.74) is 3.95. The zero-order valence-corrected chi connectivity index (χ0v) is 15.6. The number of carboxylic acid groups (broad SMARTS) is 1. The molecule has 0 saturated carbocycles. The van der Waals surface area contributed by atoms with Crippen LogP contribution in [0.15, 0.2) is 54.6 Å². The Balaban J connectivity index is 1.65. The van der Waals surface area contributed by atoms with Gasteiger partial charge in [0.05, 0.1) is 5.56 Å². The molecule has 7 heteroatoms. The van der Waals surface area contributed by atoms with Gasteiger partial charge < -0.3 is 15.7 Å². The lowest BCUT2D eigenvalue weighted by Crippen LogP contribution is -2.22. The Morgan fingerprint density at radius 1 is 0.929 bits per heavy atom. The van der Waals surface area contributed by atoms with Gasteiger partial charge >= 0.3 is 5.97 Å². The first-order valence-corrected chi connectivity index (χ1v) is 8.70. The highest BCUT2D eigenvalue weighted by atomic mass is 16.4. The van der Waals surface area contributed by atoms with E-state index in [2.05, 4.69) is 20.6 Å². The van der Waals surface area contributed by atoms with E-state index in [-0.39, 0.29) is 11.5 Å². The fraction of sp³-hybridized carbons (Fsp3) is 0.143. The normalized spacial score (nSPS) is 10.4. The van der Waals surface area contributed by atoms with E-state index in [1.807, 2.05) is 26.0 Å². The fourth-order valence-corrected chi connectivity index (χ4v) is 2.70. The third-order valence-corrected chi connectivity index (χ3v) is 4.02. The van der Waals surface area contributed by atoms with E-state index in [9.17, 15) is 9.59 Å². The Hall–Kier alpha value is -3.74. The van der Waals surface area contributed by atoms with Gasteiger partial charge in [0.15, 0.2) is 0 Å². The van der Waals surface area contributed by atoms with Crippen molar-refractivity contribution in [1.29, 1.82) is 0 Å². The average Bonchev–Trinajstić information content (AvgIpc) is 2.66. The molecule has 0 unspecified atom stereocenters. The number of aromatic carboxylic acids is 1. The van der Waals surface area contributed by atoms with Crippen molar-refractivity contribution < 1.29 is 14.7 Å². The summed E-state index contributed by atoms with van der Waals surface area (Å²) in [4.78, 5) is 32.0. The predicted octanol–water partition coefficient (Wildman–Crippen LogP) is 3.47. The smallest absolute Gasteiger partial charge is 0.335 e. The van der Waals surface area contributed by atoms with Gasteiger partial charge in [-0.15, -0.1) is 0 Å². The SMILES string of the molecule is Cc1cc(C)nc(Nc2cccc(C(=O)NCc3ccc(C(=O)O)cc3)c2)n1. The number of anilines is 2. The van der Waals surface area contributed by atoms with Crippen LogP contribution in [-0.4, -0.2) is 27.0 Å². The molecular formula is C21H20N4O3. The minimum absolute atomic E-state index is 0.211. The monoisotopic (exact) mass is 376 g/mol. The van der Waals surface area contributed by atoms with Crippen LogP contribution in [0, 0.1) is 13.8 Å². The van der Waals surface area contributed by atoms with Crippen molar-refractivity contribution in [2.75, 3.05) is 5.32 Å². The first-order chi connectivity index (χ1) is 13.4. The van der Waals surface area contributed by atoms with Crippen LogP contribution in [0.1, 0.15) is 37.7 Å². The summed E-state index contributed by atoms with van der Waals surface area (Å²) in [6.07, 6.45) is 0. The van der Waals surface area contributed by atoms with E-state index in [0.717, 1.165) is 17.0 Å². The Labute approximate surface area is 162 Å². The van der Waals surface area contributed by atoms with Crippen LogP contribution in [0.25, 0.3) is 0 Å². The van der Waals surface area contributed by atoms with Gasteiger partial charge in [-0.1, -0.05) is 18.2 Å². The molecule has 1 amide bonds.